The summed E-state index contributed by atoms with van der Waals surface area (Å²) >= 11 is 1.43. The zero-order valence-electron chi connectivity index (χ0n) is 15.0. The Labute approximate surface area is 164 Å². The average molecular weight is 392 g/mol. The van der Waals surface area contributed by atoms with Gasteiger partial charge in [0.25, 0.3) is 5.56 Å². The summed E-state index contributed by atoms with van der Waals surface area (Å²) in [6.07, 6.45) is 3.43. The van der Waals surface area contributed by atoms with E-state index in [0.717, 1.165) is 16.3 Å². The first-order chi connectivity index (χ1) is 13.6. The summed E-state index contributed by atoms with van der Waals surface area (Å²) in [6.45, 7) is 1.86. The number of fused-ring (bicyclic) bond motifs is 1. The lowest BCUT2D eigenvalue weighted by atomic mass is 10.3. The maximum absolute atomic E-state index is 12.2. The monoisotopic (exact) mass is 392 g/mol. The highest BCUT2D eigenvalue weighted by atomic mass is 32.1. The van der Waals surface area contributed by atoms with E-state index >= 15 is 0 Å². The van der Waals surface area contributed by atoms with Gasteiger partial charge in [-0.05, 0) is 36.8 Å². The Morgan fingerprint density at radius 3 is 2.89 bits per heavy atom. The first kappa shape index (κ1) is 18.0. The lowest BCUT2D eigenvalue weighted by molar-refractivity contribution is -0.144. The molecular weight excluding hydrogens is 376 g/mol. The number of hydrogen-bond acceptors (Lipinski definition) is 7. The molecule has 0 aromatic carbocycles. The van der Waals surface area contributed by atoms with E-state index in [4.69, 9.17) is 4.74 Å². The van der Waals surface area contributed by atoms with Gasteiger partial charge in [0.1, 0.15) is 17.3 Å². The minimum atomic E-state index is -0.427. The molecular formula is C20H16N4O3S. The molecule has 0 aliphatic heterocycles. The predicted molar refractivity (Wildman–Crippen MR) is 105 cm³/mol. The van der Waals surface area contributed by atoms with E-state index in [0.29, 0.717) is 17.0 Å². The molecule has 0 saturated carbocycles. The SMILES string of the molecule is Cc1ccn2c(=O)cc(COC(=O)Cc3csc(-c4ccccn4)n3)nc2c1. The highest BCUT2D eigenvalue weighted by Crippen LogP contribution is 2.21. The Morgan fingerprint density at radius 2 is 2.07 bits per heavy atom. The fourth-order valence-corrected chi connectivity index (χ4v) is 3.47. The molecule has 0 radical (unpaired) electrons. The van der Waals surface area contributed by atoms with E-state index < -0.39 is 5.97 Å². The predicted octanol–water partition coefficient (Wildman–Crippen LogP) is 2.81. The normalized spacial score (nSPS) is 10.9. The largest absolute Gasteiger partial charge is 0.459 e. The molecule has 0 atom stereocenters. The summed E-state index contributed by atoms with van der Waals surface area (Å²) < 4.78 is 6.73. The second kappa shape index (κ2) is 7.69. The van der Waals surface area contributed by atoms with Gasteiger partial charge in [0.05, 0.1) is 23.5 Å². The van der Waals surface area contributed by atoms with Crippen LogP contribution in [0.4, 0.5) is 0 Å². The summed E-state index contributed by atoms with van der Waals surface area (Å²) in [7, 11) is 0. The molecule has 0 saturated heterocycles. The quantitative estimate of drug-likeness (QED) is 0.486. The van der Waals surface area contributed by atoms with Crippen molar-refractivity contribution in [2.24, 2.45) is 0 Å². The highest BCUT2D eigenvalue weighted by molar-refractivity contribution is 7.13. The van der Waals surface area contributed by atoms with Crippen LogP contribution in [0.25, 0.3) is 16.3 Å². The fraction of sp³-hybridized carbons (Fsp3) is 0.150. The lowest BCUT2D eigenvalue weighted by Gasteiger charge is -2.06. The lowest BCUT2D eigenvalue weighted by Crippen LogP contribution is -2.17. The number of ether oxygens (including phenoxy) is 1. The number of aryl methyl sites for hydroxylation is 1. The summed E-state index contributed by atoms with van der Waals surface area (Å²) in [5.41, 5.74) is 3.11. The number of carbonyl (C=O) groups is 1. The summed E-state index contributed by atoms with van der Waals surface area (Å²) in [5, 5.41) is 2.57. The van der Waals surface area contributed by atoms with Gasteiger partial charge in [0.15, 0.2) is 0 Å². The van der Waals surface area contributed by atoms with E-state index in [1.807, 2.05) is 36.6 Å². The molecule has 7 nitrogen and oxygen atoms in total. The van der Waals surface area contributed by atoms with Gasteiger partial charge in [0, 0.05) is 23.8 Å². The number of thiazole rings is 1. The van der Waals surface area contributed by atoms with Gasteiger partial charge >= 0.3 is 5.97 Å². The third-order valence-electron chi connectivity index (χ3n) is 4.02. The van der Waals surface area contributed by atoms with Crippen LogP contribution in [0.15, 0.2) is 59.0 Å². The molecule has 8 heteroatoms. The number of rotatable bonds is 5. The highest BCUT2D eigenvalue weighted by Gasteiger charge is 2.12. The van der Waals surface area contributed by atoms with Crippen LogP contribution >= 0.6 is 11.3 Å². The summed E-state index contributed by atoms with van der Waals surface area (Å²) in [5.74, 6) is -0.427. The molecule has 28 heavy (non-hydrogen) atoms. The number of pyridine rings is 2. The molecule has 4 rings (SSSR count). The molecule has 0 aliphatic rings. The van der Waals surface area contributed by atoms with Gasteiger partial charge in [-0.3, -0.25) is 19.0 Å². The Hall–Kier alpha value is -3.39. The van der Waals surface area contributed by atoms with Gasteiger partial charge in [-0.1, -0.05) is 6.07 Å². The topological polar surface area (TPSA) is 86.5 Å². The van der Waals surface area contributed by atoms with Gasteiger partial charge in [-0.25, -0.2) is 9.97 Å². The molecule has 140 valence electrons. The van der Waals surface area contributed by atoms with Crippen LogP contribution in [-0.2, 0) is 22.6 Å². The Morgan fingerprint density at radius 1 is 1.18 bits per heavy atom. The number of aromatic nitrogens is 4. The first-order valence-electron chi connectivity index (χ1n) is 8.59. The Balaban J connectivity index is 1.42. The van der Waals surface area contributed by atoms with Crippen LogP contribution < -0.4 is 5.56 Å². The third kappa shape index (κ3) is 3.96. The van der Waals surface area contributed by atoms with Crippen molar-refractivity contribution in [1.82, 2.24) is 19.4 Å². The van der Waals surface area contributed by atoms with Gasteiger partial charge < -0.3 is 4.74 Å². The molecule has 4 aromatic rings. The minimum absolute atomic E-state index is 0.0506. The van der Waals surface area contributed by atoms with Crippen LogP contribution in [0.5, 0.6) is 0 Å². The van der Waals surface area contributed by atoms with E-state index in [2.05, 4.69) is 15.0 Å². The number of esters is 1. The third-order valence-corrected chi connectivity index (χ3v) is 4.93. The Kier molecular flexibility index (Phi) is 4.94. The van der Waals surface area contributed by atoms with Crippen molar-refractivity contribution >= 4 is 23.0 Å². The van der Waals surface area contributed by atoms with Crippen molar-refractivity contribution in [3.63, 3.8) is 0 Å². The molecule has 0 bridgehead atoms. The van der Waals surface area contributed by atoms with Crippen molar-refractivity contribution in [2.45, 2.75) is 20.0 Å². The standard InChI is InChI=1S/C20H16N4O3S/c1-13-5-7-24-17(8-13)22-14(9-18(24)25)11-27-19(26)10-15-12-28-20(23-15)16-4-2-3-6-21-16/h2-9,12H,10-11H2,1H3. The van der Waals surface area contributed by atoms with Crippen LogP contribution in [-0.4, -0.2) is 25.3 Å². The van der Waals surface area contributed by atoms with Gasteiger partial charge in [-0.15, -0.1) is 11.3 Å². The minimum Gasteiger partial charge on any atom is -0.459 e. The molecule has 0 unspecified atom stereocenters. The second-order valence-electron chi connectivity index (χ2n) is 6.21. The molecule has 0 spiro atoms. The molecule has 4 heterocycles. The number of hydrogen-bond donors (Lipinski definition) is 0. The van der Waals surface area contributed by atoms with Crippen molar-refractivity contribution < 1.29 is 9.53 Å². The second-order valence-corrected chi connectivity index (χ2v) is 7.07. The summed E-state index contributed by atoms with van der Waals surface area (Å²) in [4.78, 5) is 37.4. The van der Waals surface area contributed by atoms with Crippen LogP contribution in [0, 0.1) is 6.92 Å². The zero-order chi connectivity index (χ0) is 19.5. The van der Waals surface area contributed by atoms with E-state index in [9.17, 15) is 9.59 Å². The first-order valence-corrected chi connectivity index (χ1v) is 9.47. The smallest absolute Gasteiger partial charge is 0.312 e. The van der Waals surface area contributed by atoms with E-state index in [1.54, 1.807) is 18.5 Å². The molecule has 0 amide bonds. The van der Waals surface area contributed by atoms with Crippen LogP contribution in [0.2, 0.25) is 0 Å². The van der Waals surface area contributed by atoms with E-state index in [1.165, 1.54) is 21.8 Å². The molecule has 0 aliphatic carbocycles. The zero-order valence-corrected chi connectivity index (χ0v) is 15.8. The Bertz CT molecular complexity index is 1200. The maximum atomic E-state index is 12.2. The van der Waals surface area contributed by atoms with E-state index in [-0.39, 0.29) is 18.6 Å². The molecule has 0 fully saturated rings. The maximum Gasteiger partial charge on any atom is 0.312 e. The van der Waals surface area contributed by atoms with Crippen molar-refractivity contribution in [3.05, 3.63) is 81.5 Å². The average Bonchev–Trinajstić information content (AvgIpc) is 3.15. The molecule has 0 N–H and O–H groups in total. The summed E-state index contributed by atoms with van der Waals surface area (Å²) in [6, 6.07) is 10.6. The molecule has 4 aromatic heterocycles. The van der Waals surface area contributed by atoms with Gasteiger partial charge in [0.2, 0.25) is 0 Å². The van der Waals surface area contributed by atoms with Crippen molar-refractivity contribution in [3.8, 4) is 10.7 Å². The van der Waals surface area contributed by atoms with Crippen LogP contribution in [0.3, 0.4) is 0 Å². The van der Waals surface area contributed by atoms with Crippen LogP contribution in [0.1, 0.15) is 17.0 Å². The van der Waals surface area contributed by atoms with Gasteiger partial charge in [-0.2, -0.15) is 0 Å². The van der Waals surface area contributed by atoms with Crippen molar-refractivity contribution in [2.75, 3.05) is 0 Å². The van der Waals surface area contributed by atoms with Crippen molar-refractivity contribution in [1.29, 1.82) is 0 Å². The number of nitrogens with zero attached hydrogens (tertiary/aromatic N) is 4. The number of carbonyl (C=O) groups excluding carboxylic acids is 1. The fourth-order valence-electron chi connectivity index (χ4n) is 2.68.